The van der Waals surface area contributed by atoms with Crippen LogP contribution >= 0.6 is 15.9 Å². The second-order valence-electron chi connectivity index (χ2n) is 4.93. The Morgan fingerprint density at radius 2 is 1.68 bits per heavy atom. The molecule has 0 atom stereocenters. The van der Waals surface area contributed by atoms with E-state index in [1.807, 2.05) is 18.2 Å². The highest BCUT2D eigenvalue weighted by atomic mass is 79.9. The normalized spacial score (nSPS) is 18.0. The molecule has 0 aromatic heterocycles. The number of rotatable bonds is 3. The lowest BCUT2D eigenvalue weighted by Gasteiger charge is -2.36. The van der Waals surface area contributed by atoms with E-state index in [1.165, 1.54) is 0 Å². The molecular formula is C13H19BrN2O2S. The molecule has 0 radical (unpaired) electrons. The molecule has 1 saturated heterocycles. The zero-order valence-corrected chi connectivity index (χ0v) is 13.6. The third-order valence-electron chi connectivity index (χ3n) is 3.39. The van der Waals surface area contributed by atoms with Crippen LogP contribution in [0.2, 0.25) is 0 Å². The lowest BCUT2D eigenvalue weighted by molar-refractivity contribution is 0.381. The third-order valence-corrected chi connectivity index (χ3v) is 6.33. The highest BCUT2D eigenvalue weighted by molar-refractivity contribution is 9.10. The van der Waals surface area contributed by atoms with Gasteiger partial charge in [-0.05, 0) is 41.9 Å². The van der Waals surface area contributed by atoms with Gasteiger partial charge in [-0.15, -0.1) is 0 Å². The van der Waals surface area contributed by atoms with Crippen LogP contribution in [0, 0.1) is 0 Å². The first kappa shape index (κ1) is 14.8. The van der Waals surface area contributed by atoms with Crippen molar-refractivity contribution in [2.45, 2.75) is 19.1 Å². The molecule has 2 rings (SSSR count). The van der Waals surface area contributed by atoms with Crippen LogP contribution in [0.1, 0.15) is 13.8 Å². The smallest absolute Gasteiger partial charge is 0.216 e. The van der Waals surface area contributed by atoms with E-state index in [9.17, 15) is 8.42 Å². The lowest BCUT2D eigenvalue weighted by Crippen LogP contribution is -2.50. The van der Waals surface area contributed by atoms with E-state index in [4.69, 9.17) is 0 Å². The van der Waals surface area contributed by atoms with Crippen LogP contribution in [0.15, 0.2) is 28.7 Å². The summed E-state index contributed by atoms with van der Waals surface area (Å²) < 4.78 is 26.8. The Labute approximate surface area is 123 Å². The molecule has 19 heavy (non-hydrogen) atoms. The number of sulfonamides is 1. The van der Waals surface area contributed by atoms with Crippen LogP contribution in [-0.2, 0) is 10.0 Å². The van der Waals surface area contributed by atoms with Crippen molar-refractivity contribution in [3.8, 4) is 0 Å². The predicted octanol–water partition coefficient (Wildman–Crippen LogP) is 2.31. The third kappa shape index (κ3) is 3.12. The summed E-state index contributed by atoms with van der Waals surface area (Å²) in [6, 6.07) is 8.04. The summed E-state index contributed by atoms with van der Waals surface area (Å²) in [5.41, 5.74) is 1.13. The van der Waals surface area contributed by atoms with Crippen LogP contribution in [0.25, 0.3) is 0 Å². The summed E-state index contributed by atoms with van der Waals surface area (Å²) >= 11 is 3.54. The molecule has 0 spiro atoms. The molecule has 1 aromatic rings. The van der Waals surface area contributed by atoms with Crippen molar-refractivity contribution < 1.29 is 8.42 Å². The van der Waals surface area contributed by atoms with Crippen molar-refractivity contribution in [3.05, 3.63) is 28.7 Å². The quantitative estimate of drug-likeness (QED) is 0.843. The number of hydrogen-bond acceptors (Lipinski definition) is 3. The second-order valence-corrected chi connectivity index (χ2v) is 8.27. The molecule has 1 heterocycles. The standard InChI is InChI=1S/C13H19BrN2O2S/c1-11(2)19(17,18)16-9-7-15(8-10-16)13-6-4-3-5-12(13)14/h3-6,11H,7-10H2,1-2H3. The van der Waals surface area contributed by atoms with E-state index in [0.29, 0.717) is 13.1 Å². The molecule has 0 bridgehead atoms. The van der Waals surface area contributed by atoms with Gasteiger partial charge in [-0.2, -0.15) is 4.31 Å². The maximum Gasteiger partial charge on any atom is 0.216 e. The molecule has 1 aliphatic rings. The van der Waals surface area contributed by atoms with Crippen LogP contribution in [0.5, 0.6) is 0 Å². The van der Waals surface area contributed by atoms with E-state index >= 15 is 0 Å². The molecule has 0 N–H and O–H groups in total. The predicted molar refractivity (Wildman–Crippen MR) is 82.0 cm³/mol. The van der Waals surface area contributed by atoms with Crippen molar-refractivity contribution in [2.75, 3.05) is 31.1 Å². The van der Waals surface area contributed by atoms with E-state index in [1.54, 1.807) is 18.2 Å². The van der Waals surface area contributed by atoms with Gasteiger partial charge < -0.3 is 4.90 Å². The largest absolute Gasteiger partial charge is 0.368 e. The molecular weight excluding hydrogens is 328 g/mol. The molecule has 106 valence electrons. The molecule has 1 aromatic carbocycles. The fourth-order valence-corrected chi connectivity index (χ4v) is 3.99. The van der Waals surface area contributed by atoms with Gasteiger partial charge in [-0.3, -0.25) is 0 Å². The second kappa shape index (κ2) is 5.81. The summed E-state index contributed by atoms with van der Waals surface area (Å²) in [5.74, 6) is 0. The fraction of sp³-hybridized carbons (Fsp3) is 0.538. The molecule has 0 aliphatic carbocycles. The van der Waals surface area contributed by atoms with E-state index in [0.717, 1.165) is 23.2 Å². The SMILES string of the molecule is CC(C)S(=O)(=O)N1CCN(c2ccccc2Br)CC1. The van der Waals surface area contributed by atoms with Gasteiger partial charge in [0.05, 0.1) is 10.9 Å². The molecule has 4 nitrogen and oxygen atoms in total. The zero-order valence-electron chi connectivity index (χ0n) is 11.2. The van der Waals surface area contributed by atoms with E-state index in [-0.39, 0.29) is 5.25 Å². The molecule has 0 amide bonds. The Balaban J connectivity index is 2.06. The summed E-state index contributed by atoms with van der Waals surface area (Å²) in [6.45, 7) is 6.04. The summed E-state index contributed by atoms with van der Waals surface area (Å²) in [5, 5.41) is -0.345. The summed E-state index contributed by atoms with van der Waals surface area (Å²) in [7, 11) is -3.12. The number of anilines is 1. The first-order chi connectivity index (χ1) is 8.93. The van der Waals surface area contributed by atoms with Crippen molar-refractivity contribution in [1.29, 1.82) is 0 Å². The minimum Gasteiger partial charge on any atom is -0.368 e. The maximum absolute atomic E-state index is 12.1. The van der Waals surface area contributed by atoms with E-state index < -0.39 is 10.0 Å². The number of para-hydroxylation sites is 1. The van der Waals surface area contributed by atoms with Crippen LogP contribution in [0.4, 0.5) is 5.69 Å². The fourth-order valence-electron chi connectivity index (χ4n) is 2.19. The van der Waals surface area contributed by atoms with Gasteiger partial charge in [0.2, 0.25) is 10.0 Å². The van der Waals surface area contributed by atoms with Gasteiger partial charge in [0.15, 0.2) is 0 Å². The Kier molecular flexibility index (Phi) is 4.53. The average molecular weight is 347 g/mol. The minimum atomic E-state index is -3.12. The first-order valence-corrected chi connectivity index (χ1v) is 8.71. The van der Waals surface area contributed by atoms with Crippen LogP contribution in [0.3, 0.4) is 0 Å². The van der Waals surface area contributed by atoms with Crippen LogP contribution in [-0.4, -0.2) is 44.2 Å². The van der Waals surface area contributed by atoms with Gasteiger partial charge in [0.1, 0.15) is 0 Å². The van der Waals surface area contributed by atoms with Gasteiger partial charge in [-0.25, -0.2) is 8.42 Å². The number of hydrogen-bond donors (Lipinski definition) is 0. The average Bonchev–Trinajstić information content (AvgIpc) is 2.39. The zero-order chi connectivity index (χ0) is 14.0. The van der Waals surface area contributed by atoms with Crippen molar-refractivity contribution in [3.63, 3.8) is 0 Å². The first-order valence-electron chi connectivity index (χ1n) is 6.41. The lowest BCUT2D eigenvalue weighted by atomic mass is 10.2. The summed E-state index contributed by atoms with van der Waals surface area (Å²) in [6.07, 6.45) is 0. The van der Waals surface area contributed by atoms with E-state index in [2.05, 4.69) is 26.9 Å². The number of benzene rings is 1. The monoisotopic (exact) mass is 346 g/mol. The molecule has 0 saturated carbocycles. The Hall–Kier alpha value is -0.590. The molecule has 1 aliphatic heterocycles. The van der Waals surface area contributed by atoms with Crippen LogP contribution < -0.4 is 4.90 Å². The van der Waals surface area contributed by atoms with Gasteiger partial charge >= 0.3 is 0 Å². The highest BCUT2D eigenvalue weighted by Gasteiger charge is 2.29. The number of piperazine rings is 1. The summed E-state index contributed by atoms with van der Waals surface area (Å²) in [4.78, 5) is 2.22. The van der Waals surface area contributed by atoms with Gasteiger partial charge in [-0.1, -0.05) is 12.1 Å². The maximum atomic E-state index is 12.1. The molecule has 1 fully saturated rings. The van der Waals surface area contributed by atoms with Crippen molar-refractivity contribution >= 4 is 31.6 Å². The topological polar surface area (TPSA) is 40.6 Å². The van der Waals surface area contributed by atoms with Gasteiger partial charge in [0.25, 0.3) is 0 Å². The number of nitrogens with zero attached hydrogens (tertiary/aromatic N) is 2. The Bertz CT molecular complexity index is 537. The minimum absolute atomic E-state index is 0.345. The molecule has 6 heteroatoms. The van der Waals surface area contributed by atoms with Gasteiger partial charge in [0, 0.05) is 30.7 Å². The van der Waals surface area contributed by atoms with Crippen molar-refractivity contribution in [1.82, 2.24) is 4.31 Å². The molecule has 0 unspecified atom stereocenters. The Morgan fingerprint density at radius 1 is 1.11 bits per heavy atom. The number of halogens is 1. The highest BCUT2D eigenvalue weighted by Crippen LogP contribution is 2.27. The van der Waals surface area contributed by atoms with Crippen molar-refractivity contribution in [2.24, 2.45) is 0 Å². The Morgan fingerprint density at radius 3 is 2.21 bits per heavy atom.